The topological polar surface area (TPSA) is 63.7 Å². The Morgan fingerprint density at radius 2 is 1.74 bits per heavy atom. The zero-order valence-corrected chi connectivity index (χ0v) is 22.3. The molecule has 0 radical (unpaired) electrons. The Balaban J connectivity index is 1.68. The molecule has 0 fully saturated rings. The molecule has 0 atom stereocenters. The van der Waals surface area contributed by atoms with Crippen molar-refractivity contribution in [2.45, 2.75) is 46.7 Å². The van der Waals surface area contributed by atoms with Crippen LogP contribution in [0.3, 0.4) is 0 Å². The first-order chi connectivity index (χ1) is 16.9. The lowest BCUT2D eigenvalue weighted by Crippen LogP contribution is -2.27. The molecule has 2 aromatic carbocycles. The van der Waals surface area contributed by atoms with Crippen LogP contribution in [0.2, 0.25) is 0 Å². The largest absolute Gasteiger partial charge is 0.493 e. The van der Waals surface area contributed by atoms with Crippen molar-refractivity contribution in [3.63, 3.8) is 0 Å². The Kier molecular flexibility index (Phi) is 10.1. The predicted octanol–water partition coefficient (Wildman–Crippen LogP) is 5.49. The van der Waals surface area contributed by atoms with Gasteiger partial charge in [-0.3, -0.25) is 9.69 Å². The molecule has 0 unspecified atom stereocenters. The van der Waals surface area contributed by atoms with Crippen molar-refractivity contribution in [2.75, 3.05) is 27.3 Å². The molecule has 3 rings (SSSR count). The number of carbonyl (C=O) groups excluding carboxylic acids is 1. The van der Waals surface area contributed by atoms with Crippen LogP contribution in [0.1, 0.15) is 52.5 Å². The summed E-state index contributed by atoms with van der Waals surface area (Å²) in [5, 5.41) is 5.78. The van der Waals surface area contributed by atoms with Crippen molar-refractivity contribution in [1.29, 1.82) is 0 Å². The number of thiazole rings is 1. The number of methoxy groups -OCH3 is 2. The van der Waals surface area contributed by atoms with E-state index >= 15 is 0 Å². The summed E-state index contributed by atoms with van der Waals surface area (Å²) in [5.41, 5.74) is 4.19. The smallest absolute Gasteiger partial charge is 0.270 e. The highest BCUT2D eigenvalue weighted by molar-refractivity contribution is 7.09. The fourth-order valence-electron chi connectivity index (χ4n) is 3.73. The number of aryl methyl sites for hydroxylation is 1. The minimum atomic E-state index is -0.0939. The standard InChI is InChI=1S/C28H37N3O3S/c1-20(2)12-14-29-28(32)24-19-35-27(30-24)18-31(17-23-8-6-21(3)7-9-23)15-13-22-10-11-25(33-4)26(16-22)34-5/h6-11,16,19-20H,12-15,17-18H2,1-5H3,(H,29,32). The van der Waals surface area contributed by atoms with E-state index in [9.17, 15) is 4.79 Å². The molecule has 3 aromatic rings. The maximum Gasteiger partial charge on any atom is 0.270 e. The van der Waals surface area contributed by atoms with Gasteiger partial charge in [-0.25, -0.2) is 4.98 Å². The number of carbonyl (C=O) groups is 1. The average molecular weight is 496 g/mol. The maximum absolute atomic E-state index is 12.5. The number of amides is 1. The normalized spacial score (nSPS) is 11.2. The maximum atomic E-state index is 12.5. The fraction of sp³-hybridized carbons (Fsp3) is 0.429. The zero-order chi connectivity index (χ0) is 25.2. The minimum Gasteiger partial charge on any atom is -0.493 e. The Bertz CT molecular complexity index is 1080. The second-order valence-corrected chi connectivity index (χ2v) is 10.1. The van der Waals surface area contributed by atoms with Gasteiger partial charge in [-0.15, -0.1) is 11.3 Å². The number of aromatic nitrogens is 1. The van der Waals surface area contributed by atoms with E-state index in [1.54, 1.807) is 25.6 Å². The summed E-state index contributed by atoms with van der Waals surface area (Å²) >= 11 is 1.54. The second kappa shape index (κ2) is 13.3. The van der Waals surface area contributed by atoms with Gasteiger partial charge in [0.25, 0.3) is 5.91 Å². The molecule has 0 spiro atoms. The number of nitrogens with zero attached hydrogens (tertiary/aromatic N) is 2. The molecule has 6 nitrogen and oxygen atoms in total. The molecule has 1 heterocycles. The van der Waals surface area contributed by atoms with Crippen LogP contribution in [0.25, 0.3) is 0 Å². The SMILES string of the molecule is COc1ccc(CCN(Cc2ccc(C)cc2)Cc2nc(C(=O)NCCC(C)C)cs2)cc1OC. The average Bonchev–Trinajstić information content (AvgIpc) is 3.32. The Hall–Kier alpha value is -2.90. The van der Waals surface area contributed by atoms with Crippen LogP contribution >= 0.6 is 11.3 Å². The van der Waals surface area contributed by atoms with E-state index in [4.69, 9.17) is 9.47 Å². The number of nitrogens with one attached hydrogen (secondary N) is 1. The van der Waals surface area contributed by atoms with E-state index in [0.717, 1.165) is 42.4 Å². The number of hydrogen-bond donors (Lipinski definition) is 1. The van der Waals surface area contributed by atoms with Gasteiger partial charge in [-0.2, -0.15) is 0 Å². The third kappa shape index (κ3) is 8.37. The summed E-state index contributed by atoms with van der Waals surface area (Å²) in [6.07, 6.45) is 1.82. The molecule has 35 heavy (non-hydrogen) atoms. The van der Waals surface area contributed by atoms with Gasteiger partial charge in [-0.1, -0.05) is 49.7 Å². The molecule has 1 N–H and O–H groups in total. The van der Waals surface area contributed by atoms with Crippen LogP contribution < -0.4 is 14.8 Å². The predicted molar refractivity (Wildman–Crippen MR) is 142 cm³/mol. The van der Waals surface area contributed by atoms with E-state index < -0.39 is 0 Å². The minimum absolute atomic E-state index is 0.0939. The fourth-order valence-corrected chi connectivity index (χ4v) is 4.55. The van der Waals surface area contributed by atoms with Gasteiger partial charge in [-0.05, 0) is 48.9 Å². The van der Waals surface area contributed by atoms with Crippen molar-refractivity contribution < 1.29 is 14.3 Å². The lowest BCUT2D eigenvalue weighted by molar-refractivity contribution is 0.0947. The molecule has 1 amide bonds. The molecular weight excluding hydrogens is 458 g/mol. The molecule has 0 aliphatic rings. The first kappa shape index (κ1) is 26.7. The lowest BCUT2D eigenvalue weighted by atomic mass is 10.1. The first-order valence-electron chi connectivity index (χ1n) is 12.1. The molecule has 0 bridgehead atoms. The van der Waals surface area contributed by atoms with Gasteiger partial charge in [0.05, 0.1) is 20.8 Å². The van der Waals surface area contributed by atoms with Crippen molar-refractivity contribution in [1.82, 2.24) is 15.2 Å². The summed E-state index contributed by atoms with van der Waals surface area (Å²) in [5.74, 6) is 1.93. The third-order valence-electron chi connectivity index (χ3n) is 5.84. The van der Waals surface area contributed by atoms with E-state index in [0.29, 0.717) is 24.7 Å². The third-order valence-corrected chi connectivity index (χ3v) is 6.68. The van der Waals surface area contributed by atoms with Crippen LogP contribution in [0.5, 0.6) is 11.5 Å². The zero-order valence-electron chi connectivity index (χ0n) is 21.5. The number of rotatable bonds is 13. The van der Waals surface area contributed by atoms with Gasteiger partial charge < -0.3 is 14.8 Å². The summed E-state index contributed by atoms with van der Waals surface area (Å²) in [6, 6.07) is 14.7. The molecule has 0 aliphatic carbocycles. The molecule has 1 aromatic heterocycles. The van der Waals surface area contributed by atoms with Crippen LogP contribution in [0, 0.1) is 12.8 Å². The van der Waals surface area contributed by atoms with Crippen molar-refractivity contribution in [3.8, 4) is 11.5 Å². The Labute approximate surface area is 213 Å². The molecule has 0 aliphatic heterocycles. The second-order valence-electron chi connectivity index (χ2n) is 9.20. The van der Waals surface area contributed by atoms with Crippen molar-refractivity contribution >= 4 is 17.2 Å². The number of hydrogen-bond acceptors (Lipinski definition) is 6. The molecule has 7 heteroatoms. The van der Waals surface area contributed by atoms with Gasteiger partial charge >= 0.3 is 0 Å². The highest BCUT2D eigenvalue weighted by atomic mass is 32.1. The summed E-state index contributed by atoms with van der Waals surface area (Å²) in [7, 11) is 3.30. The summed E-state index contributed by atoms with van der Waals surface area (Å²) < 4.78 is 10.8. The van der Waals surface area contributed by atoms with E-state index in [1.165, 1.54) is 16.7 Å². The van der Waals surface area contributed by atoms with E-state index in [1.807, 2.05) is 17.5 Å². The number of benzene rings is 2. The van der Waals surface area contributed by atoms with Gasteiger partial charge in [0.15, 0.2) is 11.5 Å². The van der Waals surface area contributed by atoms with E-state index in [2.05, 4.69) is 66.3 Å². The lowest BCUT2D eigenvalue weighted by Gasteiger charge is -2.22. The molecule has 188 valence electrons. The van der Waals surface area contributed by atoms with Gasteiger partial charge in [0.2, 0.25) is 0 Å². The van der Waals surface area contributed by atoms with Crippen molar-refractivity contribution in [3.05, 3.63) is 75.2 Å². The van der Waals surface area contributed by atoms with Gasteiger partial charge in [0.1, 0.15) is 10.7 Å². The summed E-state index contributed by atoms with van der Waals surface area (Å²) in [4.78, 5) is 19.5. The monoisotopic (exact) mass is 495 g/mol. The molecule has 0 saturated heterocycles. The quantitative estimate of drug-likeness (QED) is 0.340. The van der Waals surface area contributed by atoms with Crippen LogP contribution in [-0.2, 0) is 19.5 Å². The van der Waals surface area contributed by atoms with Crippen LogP contribution in [0.4, 0.5) is 0 Å². The molecular formula is C28H37N3O3S. The van der Waals surface area contributed by atoms with Gasteiger partial charge in [0, 0.05) is 25.0 Å². The Morgan fingerprint density at radius 1 is 1.03 bits per heavy atom. The van der Waals surface area contributed by atoms with Crippen molar-refractivity contribution in [2.24, 2.45) is 5.92 Å². The van der Waals surface area contributed by atoms with Crippen LogP contribution in [0.15, 0.2) is 47.8 Å². The Morgan fingerprint density at radius 3 is 2.43 bits per heavy atom. The number of ether oxygens (including phenoxy) is 2. The molecule has 0 saturated carbocycles. The summed E-state index contributed by atoms with van der Waals surface area (Å²) in [6.45, 7) is 9.42. The van der Waals surface area contributed by atoms with E-state index in [-0.39, 0.29) is 5.91 Å². The first-order valence-corrected chi connectivity index (χ1v) is 13.0. The highest BCUT2D eigenvalue weighted by Gasteiger charge is 2.15. The van der Waals surface area contributed by atoms with Crippen LogP contribution in [-0.4, -0.2) is 43.1 Å². The highest BCUT2D eigenvalue weighted by Crippen LogP contribution is 2.28.